The predicted octanol–water partition coefficient (Wildman–Crippen LogP) is 6.01. The smallest absolute Gasteiger partial charge is 0.226 e. The fourth-order valence-electron chi connectivity index (χ4n) is 3.71. The van der Waals surface area contributed by atoms with E-state index in [1.807, 2.05) is 54.6 Å². The van der Waals surface area contributed by atoms with Crippen LogP contribution in [0.4, 0.5) is 0 Å². The molecule has 0 atom stereocenters. The summed E-state index contributed by atoms with van der Waals surface area (Å²) in [6.45, 7) is 2.02. The maximum absolute atomic E-state index is 13.1. The van der Waals surface area contributed by atoms with E-state index in [9.17, 15) is 4.79 Å². The van der Waals surface area contributed by atoms with Gasteiger partial charge in [0.15, 0.2) is 0 Å². The minimum atomic E-state index is -0.0628. The third-order valence-electron chi connectivity index (χ3n) is 5.38. The molecule has 0 fully saturated rings. The summed E-state index contributed by atoms with van der Waals surface area (Å²) in [5.74, 6) is 2.41. The topological polar surface area (TPSA) is 74.7 Å². The molecule has 0 aliphatic carbocycles. The Labute approximate surface area is 190 Å². The van der Waals surface area contributed by atoms with Crippen LogP contribution in [0.5, 0.6) is 11.5 Å². The van der Waals surface area contributed by atoms with Crippen LogP contribution in [0.3, 0.4) is 0 Å². The first-order valence-corrected chi connectivity index (χ1v) is 10.5. The Hall–Kier alpha value is -4.32. The van der Waals surface area contributed by atoms with E-state index in [0.29, 0.717) is 39.6 Å². The van der Waals surface area contributed by atoms with Crippen LogP contribution in [-0.2, 0) is 6.61 Å². The number of nitrogens with zero attached hydrogens (tertiary/aromatic N) is 1. The molecule has 0 aliphatic rings. The number of rotatable bonds is 6. The number of fused-ring (bicyclic) bond motifs is 1. The number of oxazole rings is 1. The fraction of sp³-hybridized carbons (Fsp3) is 0.111. The van der Waals surface area contributed by atoms with Crippen LogP contribution in [-0.4, -0.2) is 12.1 Å². The van der Waals surface area contributed by atoms with Crippen molar-refractivity contribution in [3.8, 4) is 34.1 Å². The van der Waals surface area contributed by atoms with Gasteiger partial charge in [0.1, 0.15) is 41.4 Å². The highest BCUT2D eigenvalue weighted by molar-refractivity contribution is 5.83. The van der Waals surface area contributed by atoms with Gasteiger partial charge >= 0.3 is 0 Å². The van der Waals surface area contributed by atoms with E-state index in [2.05, 4.69) is 4.98 Å². The first-order chi connectivity index (χ1) is 16.1. The molecule has 6 heteroatoms. The van der Waals surface area contributed by atoms with Crippen LogP contribution in [0, 0.1) is 6.92 Å². The van der Waals surface area contributed by atoms with Crippen molar-refractivity contribution in [3.63, 3.8) is 0 Å². The Bertz CT molecular complexity index is 1470. The molecule has 5 rings (SSSR count). The van der Waals surface area contributed by atoms with E-state index in [1.165, 1.54) is 0 Å². The van der Waals surface area contributed by atoms with Crippen molar-refractivity contribution in [1.29, 1.82) is 0 Å². The second-order valence-electron chi connectivity index (χ2n) is 7.55. The summed E-state index contributed by atoms with van der Waals surface area (Å²) in [5.41, 5.74) is 3.33. The van der Waals surface area contributed by atoms with Crippen molar-refractivity contribution in [1.82, 2.24) is 4.98 Å². The van der Waals surface area contributed by atoms with E-state index in [1.54, 1.807) is 38.5 Å². The lowest BCUT2D eigenvalue weighted by atomic mass is 10.0. The van der Waals surface area contributed by atoms with Gasteiger partial charge in [-0.15, -0.1) is 0 Å². The second-order valence-corrected chi connectivity index (χ2v) is 7.55. The molecule has 2 aromatic heterocycles. The first-order valence-electron chi connectivity index (χ1n) is 10.5. The molecular formula is C27H21NO5. The number of ether oxygens (including phenoxy) is 2. The number of aromatic nitrogens is 1. The van der Waals surface area contributed by atoms with Crippen molar-refractivity contribution in [2.24, 2.45) is 0 Å². The molecule has 2 heterocycles. The van der Waals surface area contributed by atoms with E-state index in [4.69, 9.17) is 18.3 Å². The van der Waals surface area contributed by atoms with Crippen molar-refractivity contribution < 1.29 is 18.3 Å². The van der Waals surface area contributed by atoms with Crippen LogP contribution in [0.2, 0.25) is 0 Å². The zero-order valence-corrected chi connectivity index (χ0v) is 18.2. The summed E-state index contributed by atoms with van der Waals surface area (Å²) in [6.07, 6.45) is 1.57. The first kappa shape index (κ1) is 20.6. The number of aryl methyl sites for hydroxylation is 1. The van der Waals surface area contributed by atoms with Gasteiger partial charge in [0, 0.05) is 11.6 Å². The molecule has 33 heavy (non-hydrogen) atoms. The molecule has 5 aromatic rings. The lowest BCUT2D eigenvalue weighted by Gasteiger charge is -2.09. The van der Waals surface area contributed by atoms with Crippen LogP contribution in [0.1, 0.15) is 11.5 Å². The molecule has 0 aliphatic heterocycles. The third kappa shape index (κ3) is 4.11. The standard InChI is InChI=1S/C27H21NO5/c1-17-25(18-6-4-3-5-7-18)26(29)23-13-12-22(14-24(23)33-17)31-15-20-16-32-27(28-20)19-8-10-21(30-2)11-9-19/h3-14,16H,15H2,1-2H3. The number of hydrogen-bond donors (Lipinski definition) is 0. The Morgan fingerprint density at radius 3 is 2.42 bits per heavy atom. The van der Waals surface area contributed by atoms with E-state index in [0.717, 1.165) is 16.9 Å². The van der Waals surface area contributed by atoms with Crippen LogP contribution in [0.25, 0.3) is 33.6 Å². The zero-order chi connectivity index (χ0) is 22.8. The SMILES string of the molecule is COc1ccc(-c2nc(COc3ccc4c(=O)c(-c5ccccc5)c(C)oc4c3)co2)cc1. The quantitative estimate of drug-likeness (QED) is 0.322. The van der Waals surface area contributed by atoms with E-state index >= 15 is 0 Å². The zero-order valence-electron chi connectivity index (χ0n) is 18.2. The molecule has 0 radical (unpaired) electrons. The van der Waals surface area contributed by atoms with Gasteiger partial charge < -0.3 is 18.3 Å². The monoisotopic (exact) mass is 439 g/mol. The molecule has 0 saturated carbocycles. The van der Waals surface area contributed by atoms with Crippen LogP contribution < -0.4 is 14.9 Å². The van der Waals surface area contributed by atoms with Gasteiger partial charge in [-0.05, 0) is 48.9 Å². The van der Waals surface area contributed by atoms with Crippen molar-refractivity contribution in [3.05, 3.63) is 101 Å². The van der Waals surface area contributed by atoms with Crippen molar-refractivity contribution in [2.75, 3.05) is 7.11 Å². The van der Waals surface area contributed by atoms with Gasteiger partial charge in [-0.2, -0.15) is 0 Å². The van der Waals surface area contributed by atoms with Gasteiger partial charge in [-0.25, -0.2) is 4.98 Å². The summed E-state index contributed by atoms with van der Waals surface area (Å²) in [6, 6.07) is 22.2. The number of hydrogen-bond acceptors (Lipinski definition) is 6. The number of methoxy groups -OCH3 is 1. The highest BCUT2D eigenvalue weighted by Gasteiger charge is 2.14. The van der Waals surface area contributed by atoms with Gasteiger partial charge in [-0.3, -0.25) is 4.79 Å². The fourth-order valence-corrected chi connectivity index (χ4v) is 3.71. The maximum Gasteiger partial charge on any atom is 0.226 e. The highest BCUT2D eigenvalue weighted by atomic mass is 16.5. The largest absolute Gasteiger partial charge is 0.497 e. The Kier molecular flexibility index (Phi) is 5.40. The van der Waals surface area contributed by atoms with Gasteiger partial charge in [0.05, 0.1) is 18.1 Å². The normalized spacial score (nSPS) is 11.0. The Morgan fingerprint density at radius 1 is 0.909 bits per heavy atom. The molecule has 164 valence electrons. The maximum atomic E-state index is 13.1. The van der Waals surface area contributed by atoms with E-state index < -0.39 is 0 Å². The van der Waals surface area contributed by atoms with Crippen molar-refractivity contribution in [2.45, 2.75) is 13.5 Å². The molecular weight excluding hydrogens is 418 g/mol. The van der Waals surface area contributed by atoms with E-state index in [-0.39, 0.29) is 12.0 Å². The van der Waals surface area contributed by atoms with Gasteiger partial charge in [-0.1, -0.05) is 30.3 Å². The summed E-state index contributed by atoms with van der Waals surface area (Å²) >= 11 is 0. The van der Waals surface area contributed by atoms with Crippen molar-refractivity contribution >= 4 is 11.0 Å². The minimum absolute atomic E-state index is 0.0628. The molecule has 0 bridgehead atoms. The average Bonchev–Trinajstić information content (AvgIpc) is 3.32. The molecule has 0 unspecified atom stereocenters. The summed E-state index contributed by atoms with van der Waals surface area (Å²) in [4.78, 5) is 17.6. The van der Waals surface area contributed by atoms with Gasteiger partial charge in [0.2, 0.25) is 11.3 Å². The Morgan fingerprint density at radius 2 is 1.67 bits per heavy atom. The van der Waals surface area contributed by atoms with Crippen LogP contribution in [0.15, 0.2) is 92.7 Å². The summed E-state index contributed by atoms with van der Waals surface area (Å²) < 4.78 is 22.6. The van der Waals surface area contributed by atoms with Crippen LogP contribution >= 0.6 is 0 Å². The molecule has 0 saturated heterocycles. The summed E-state index contributed by atoms with van der Waals surface area (Å²) in [5, 5.41) is 0.509. The Balaban J connectivity index is 1.36. The molecule has 6 nitrogen and oxygen atoms in total. The molecule has 0 N–H and O–H groups in total. The lowest BCUT2D eigenvalue weighted by Crippen LogP contribution is -2.07. The number of benzene rings is 3. The minimum Gasteiger partial charge on any atom is -0.497 e. The third-order valence-corrected chi connectivity index (χ3v) is 5.38. The molecule has 3 aromatic carbocycles. The summed E-state index contributed by atoms with van der Waals surface area (Å²) in [7, 11) is 1.62. The second kappa shape index (κ2) is 8.67. The highest BCUT2D eigenvalue weighted by Crippen LogP contribution is 2.27. The predicted molar refractivity (Wildman–Crippen MR) is 125 cm³/mol. The lowest BCUT2D eigenvalue weighted by molar-refractivity contribution is 0.301. The van der Waals surface area contributed by atoms with Gasteiger partial charge in [0.25, 0.3) is 0 Å². The molecule has 0 amide bonds. The average molecular weight is 439 g/mol. The molecule has 0 spiro atoms.